The van der Waals surface area contributed by atoms with Crippen LogP contribution in [-0.2, 0) is 24.6 Å². The van der Waals surface area contributed by atoms with Crippen molar-refractivity contribution in [3.63, 3.8) is 0 Å². The Labute approximate surface area is 146 Å². The summed E-state index contributed by atoms with van der Waals surface area (Å²) in [5, 5.41) is 3.64. The molecule has 132 valence electrons. The second-order valence-electron chi connectivity index (χ2n) is 7.99. The van der Waals surface area contributed by atoms with Crippen LogP contribution in [0.3, 0.4) is 0 Å². The molecule has 4 bridgehead atoms. The predicted octanol–water partition coefficient (Wildman–Crippen LogP) is 1.99. The molecular weight excluding hydrogens is 320 g/mol. The molecule has 5 aliphatic heterocycles. The molecule has 1 amide bonds. The van der Waals surface area contributed by atoms with E-state index in [1.54, 1.807) is 7.11 Å². The van der Waals surface area contributed by atoms with Crippen molar-refractivity contribution < 1.29 is 19.2 Å². The first-order chi connectivity index (χ1) is 12.2. The number of carbonyl (C=O) groups excluding carboxylic acids is 1. The van der Waals surface area contributed by atoms with Gasteiger partial charge in [0.2, 0.25) is 0 Å². The van der Waals surface area contributed by atoms with Crippen LogP contribution in [0, 0.1) is 11.8 Å². The van der Waals surface area contributed by atoms with Crippen LogP contribution in [0.2, 0.25) is 0 Å². The summed E-state index contributed by atoms with van der Waals surface area (Å²) in [4.78, 5) is 25.1. The Morgan fingerprint density at radius 2 is 2.20 bits per heavy atom. The molecule has 6 heteroatoms. The molecule has 0 N–H and O–H groups in total. The number of para-hydroxylation sites is 1. The van der Waals surface area contributed by atoms with Crippen LogP contribution >= 0.6 is 0 Å². The third-order valence-corrected chi connectivity index (χ3v) is 7.39. The van der Waals surface area contributed by atoms with Gasteiger partial charge in [0, 0.05) is 17.9 Å². The first-order valence-electron chi connectivity index (χ1n) is 9.25. The van der Waals surface area contributed by atoms with Gasteiger partial charge in [-0.3, -0.25) is 14.5 Å². The molecule has 7 atom stereocenters. The first-order valence-corrected chi connectivity index (χ1v) is 9.25. The van der Waals surface area contributed by atoms with E-state index >= 15 is 0 Å². The molecule has 0 radical (unpaired) electrons. The van der Waals surface area contributed by atoms with E-state index in [-0.39, 0.29) is 23.8 Å². The molecule has 1 spiro atoms. The smallest absolute Gasteiger partial charge is 0.264 e. The summed E-state index contributed by atoms with van der Waals surface area (Å²) in [5.74, 6) is 0.927. The maximum Gasteiger partial charge on any atom is 0.264 e. The normalized spacial score (nSPS) is 48.6. The number of nitrogens with zero attached hydrogens (tertiary/aromatic N) is 2. The Morgan fingerprint density at radius 3 is 3.00 bits per heavy atom. The highest BCUT2D eigenvalue weighted by molar-refractivity contribution is 6.07. The first kappa shape index (κ1) is 14.7. The molecule has 6 aliphatic rings. The fraction of sp³-hybridized carbons (Fsp3) is 0.632. The van der Waals surface area contributed by atoms with Crippen LogP contribution in [0.25, 0.3) is 0 Å². The van der Waals surface area contributed by atoms with Gasteiger partial charge in [-0.2, -0.15) is 5.06 Å². The van der Waals surface area contributed by atoms with Gasteiger partial charge >= 0.3 is 0 Å². The Hall–Kier alpha value is -1.47. The van der Waals surface area contributed by atoms with Crippen molar-refractivity contribution in [2.45, 2.75) is 49.5 Å². The van der Waals surface area contributed by atoms with Gasteiger partial charge in [-0.1, -0.05) is 25.1 Å². The summed E-state index contributed by atoms with van der Waals surface area (Å²) in [7, 11) is 1.56. The topological polar surface area (TPSA) is 54.3 Å². The summed E-state index contributed by atoms with van der Waals surface area (Å²) < 4.78 is 6.31. The summed E-state index contributed by atoms with van der Waals surface area (Å²) in [5.41, 5.74) is 1.14. The number of anilines is 1. The number of benzene rings is 1. The van der Waals surface area contributed by atoms with Gasteiger partial charge in [0.15, 0.2) is 5.72 Å². The molecule has 0 aromatic heterocycles. The number of amides is 1. The van der Waals surface area contributed by atoms with E-state index in [0.29, 0.717) is 11.8 Å². The minimum Gasteiger partial charge on any atom is -0.376 e. The second-order valence-corrected chi connectivity index (χ2v) is 7.99. The quantitative estimate of drug-likeness (QED) is 0.770. The molecule has 7 rings (SSSR count). The standard InChI is InChI=1S/C19H22N2O4/c1-3-19-13-8-16-18(9-15(21(19)25-19)11(13)10-24-16)12-6-4-5-7-14(12)20(23-2)17(18)22/h4-7,11,13,15-16H,3,8-10H2,1-2H3/t11-,13+,15-,16+,18-,19-,21?/m0/s1. The molecule has 1 unspecified atom stereocenters. The van der Waals surface area contributed by atoms with E-state index in [9.17, 15) is 4.79 Å². The molecule has 1 aromatic rings. The minimum absolute atomic E-state index is 0.0124. The number of fused-ring (bicyclic) bond motifs is 3. The van der Waals surface area contributed by atoms with Crippen LogP contribution in [0.4, 0.5) is 5.69 Å². The number of hydrogen-bond donors (Lipinski definition) is 0. The van der Waals surface area contributed by atoms with E-state index in [1.807, 2.05) is 18.2 Å². The van der Waals surface area contributed by atoms with E-state index in [4.69, 9.17) is 14.4 Å². The summed E-state index contributed by atoms with van der Waals surface area (Å²) in [6.07, 6.45) is 2.51. The van der Waals surface area contributed by atoms with Crippen molar-refractivity contribution in [3.8, 4) is 0 Å². The third-order valence-electron chi connectivity index (χ3n) is 7.39. The lowest BCUT2D eigenvalue weighted by Crippen LogP contribution is -2.52. The van der Waals surface area contributed by atoms with Gasteiger partial charge in [0.25, 0.3) is 5.91 Å². The molecule has 5 heterocycles. The SMILES string of the molecule is CC[C@@]12ON1[C@H]1C[C@@]3(C(=O)N(OC)c4ccccc43)[C@H]3C[C@@H]2[C@@H]1CO3. The van der Waals surface area contributed by atoms with Crippen molar-refractivity contribution in [2.75, 3.05) is 18.8 Å². The van der Waals surface area contributed by atoms with E-state index in [2.05, 4.69) is 18.1 Å². The van der Waals surface area contributed by atoms with Gasteiger partial charge in [-0.05, 0) is 30.9 Å². The van der Waals surface area contributed by atoms with Gasteiger partial charge in [0.1, 0.15) is 5.41 Å². The van der Waals surface area contributed by atoms with E-state index in [1.165, 1.54) is 5.06 Å². The van der Waals surface area contributed by atoms with Crippen LogP contribution in [0.5, 0.6) is 0 Å². The van der Waals surface area contributed by atoms with Crippen LogP contribution < -0.4 is 5.06 Å². The highest BCUT2D eigenvalue weighted by atomic mass is 16.9. The lowest BCUT2D eigenvalue weighted by atomic mass is 9.71. The van der Waals surface area contributed by atoms with Crippen LogP contribution in [-0.4, -0.2) is 42.6 Å². The largest absolute Gasteiger partial charge is 0.376 e. The van der Waals surface area contributed by atoms with Crippen LogP contribution in [0.15, 0.2) is 24.3 Å². The number of ether oxygens (including phenoxy) is 1. The van der Waals surface area contributed by atoms with Gasteiger partial charge in [0.05, 0.1) is 25.5 Å². The second kappa shape index (κ2) is 4.43. The maximum atomic E-state index is 13.5. The van der Waals surface area contributed by atoms with Crippen molar-refractivity contribution >= 4 is 11.6 Å². The van der Waals surface area contributed by atoms with Crippen LogP contribution in [0.1, 0.15) is 31.7 Å². The van der Waals surface area contributed by atoms with E-state index < -0.39 is 5.41 Å². The summed E-state index contributed by atoms with van der Waals surface area (Å²) in [6, 6.07) is 8.23. The molecule has 1 aromatic carbocycles. The molecule has 25 heavy (non-hydrogen) atoms. The highest BCUT2D eigenvalue weighted by Gasteiger charge is 2.77. The number of carbonyl (C=O) groups is 1. The van der Waals surface area contributed by atoms with Crippen molar-refractivity contribution in [2.24, 2.45) is 11.8 Å². The monoisotopic (exact) mass is 342 g/mol. The van der Waals surface area contributed by atoms with Crippen molar-refractivity contribution in [1.82, 2.24) is 5.06 Å². The molecule has 4 saturated heterocycles. The lowest BCUT2D eigenvalue weighted by molar-refractivity contribution is -0.139. The zero-order chi connectivity index (χ0) is 17.0. The van der Waals surface area contributed by atoms with Crippen molar-refractivity contribution in [1.29, 1.82) is 0 Å². The maximum absolute atomic E-state index is 13.5. The zero-order valence-electron chi connectivity index (χ0n) is 14.5. The Balaban J connectivity index is 1.53. The fourth-order valence-corrected chi connectivity index (χ4v) is 6.26. The summed E-state index contributed by atoms with van der Waals surface area (Å²) >= 11 is 0. The average Bonchev–Trinajstić information content (AvgIpc) is 3.32. The molecule has 6 nitrogen and oxygen atoms in total. The van der Waals surface area contributed by atoms with Crippen molar-refractivity contribution in [3.05, 3.63) is 29.8 Å². The highest BCUT2D eigenvalue weighted by Crippen LogP contribution is 2.67. The number of rotatable bonds is 2. The average molecular weight is 342 g/mol. The molecular formula is C19H22N2O4. The Bertz CT molecular complexity index is 784. The van der Waals surface area contributed by atoms with Gasteiger partial charge in [-0.15, -0.1) is 5.06 Å². The van der Waals surface area contributed by atoms with E-state index in [0.717, 1.165) is 37.1 Å². The third kappa shape index (κ3) is 1.43. The minimum atomic E-state index is -0.660. The Kier molecular flexibility index (Phi) is 2.60. The van der Waals surface area contributed by atoms with Gasteiger partial charge < -0.3 is 4.74 Å². The number of hydroxylamine groups is 3. The fourth-order valence-electron chi connectivity index (χ4n) is 6.26. The number of hydrogen-bond acceptors (Lipinski definition) is 5. The summed E-state index contributed by atoms with van der Waals surface area (Å²) in [6.45, 7) is 2.93. The Morgan fingerprint density at radius 1 is 1.36 bits per heavy atom. The molecule has 1 saturated carbocycles. The molecule has 1 aliphatic carbocycles. The van der Waals surface area contributed by atoms with Gasteiger partial charge in [-0.25, -0.2) is 0 Å². The lowest BCUT2D eigenvalue weighted by Gasteiger charge is -2.39. The zero-order valence-corrected chi connectivity index (χ0v) is 14.5. The molecule has 5 fully saturated rings. The predicted molar refractivity (Wildman–Crippen MR) is 88.3 cm³/mol.